The van der Waals surface area contributed by atoms with E-state index in [0.717, 1.165) is 6.20 Å². The van der Waals surface area contributed by atoms with Crippen LogP contribution in [0.15, 0.2) is 48.7 Å². The fraction of sp³-hybridized carbons (Fsp3) is 0.200. The maximum Gasteiger partial charge on any atom is 0.434 e. The van der Waals surface area contributed by atoms with E-state index in [9.17, 15) is 18.0 Å². The zero-order chi connectivity index (χ0) is 21.3. The van der Waals surface area contributed by atoms with Crippen molar-refractivity contribution in [1.29, 1.82) is 0 Å². The summed E-state index contributed by atoms with van der Waals surface area (Å²) in [4.78, 5) is 12.7. The Morgan fingerprint density at radius 1 is 1.07 bits per heavy atom. The molecular formula is C20H15ClF3N3O3. The number of halogens is 4. The fourth-order valence-electron chi connectivity index (χ4n) is 3.00. The van der Waals surface area contributed by atoms with E-state index in [1.165, 1.54) is 36.4 Å². The molecule has 1 N–H and O–H groups in total. The van der Waals surface area contributed by atoms with Crippen LogP contribution in [0.1, 0.15) is 22.5 Å². The number of nitrogens with zero attached hydrogens (tertiary/aromatic N) is 2. The zero-order valence-electron chi connectivity index (χ0n) is 15.4. The lowest BCUT2D eigenvalue weighted by Gasteiger charge is -2.13. The number of rotatable bonds is 3. The number of fused-ring (bicyclic) bond motifs is 1. The highest BCUT2D eigenvalue weighted by Crippen LogP contribution is 2.35. The normalized spacial score (nSPS) is 13.6. The van der Waals surface area contributed by atoms with Gasteiger partial charge in [-0.25, -0.2) is 4.68 Å². The van der Waals surface area contributed by atoms with Crippen molar-refractivity contribution >= 4 is 23.2 Å². The van der Waals surface area contributed by atoms with Gasteiger partial charge in [-0.05, 0) is 36.4 Å². The van der Waals surface area contributed by atoms with E-state index in [2.05, 4.69) is 10.4 Å². The highest BCUT2D eigenvalue weighted by molar-refractivity contribution is 6.30. The second kappa shape index (κ2) is 7.91. The van der Waals surface area contributed by atoms with Gasteiger partial charge in [-0.2, -0.15) is 18.3 Å². The molecule has 156 valence electrons. The molecule has 0 saturated heterocycles. The molecule has 10 heteroatoms. The molecule has 2 aromatic carbocycles. The quantitative estimate of drug-likeness (QED) is 0.629. The van der Waals surface area contributed by atoms with Crippen LogP contribution in [0.2, 0.25) is 5.02 Å². The van der Waals surface area contributed by atoms with Crippen molar-refractivity contribution in [3.8, 4) is 17.2 Å². The van der Waals surface area contributed by atoms with Gasteiger partial charge < -0.3 is 14.8 Å². The van der Waals surface area contributed by atoms with Crippen LogP contribution >= 0.6 is 11.6 Å². The average Bonchev–Trinajstić information content (AvgIpc) is 3.03. The molecule has 1 amide bonds. The van der Waals surface area contributed by atoms with Crippen molar-refractivity contribution in [1.82, 2.24) is 9.78 Å². The summed E-state index contributed by atoms with van der Waals surface area (Å²) in [6.07, 6.45) is -3.22. The molecule has 2 heterocycles. The van der Waals surface area contributed by atoms with Crippen LogP contribution in [0.4, 0.5) is 18.9 Å². The second-order valence-corrected chi connectivity index (χ2v) is 6.90. The lowest BCUT2D eigenvalue weighted by Crippen LogP contribution is -2.20. The average molecular weight is 438 g/mol. The molecule has 1 aromatic heterocycles. The van der Waals surface area contributed by atoms with E-state index in [0.29, 0.717) is 40.8 Å². The fourth-order valence-corrected chi connectivity index (χ4v) is 3.13. The molecule has 0 fully saturated rings. The summed E-state index contributed by atoms with van der Waals surface area (Å²) in [6, 6.07) is 10.3. The Bertz CT molecular complexity index is 1080. The molecule has 0 aliphatic carbocycles. The number of aromatic nitrogens is 2. The maximum atomic E-state index is 13.8. The Hall–Kier alpha value is -3.20. The van der Waals surface area contributed by atoms with Crippen molar-refractivity contribution < 1.29 is 27.4 Å². The molecule has 1 aliphatic rings. The van der Waals surface area contributed by atoms with Gasteiger partial charge >= 0.3 is 6.18 Å². The number of carbonyl (C=O) groups is 1. The van der Waals surface area contributed by atoms with Crippen molar-refractivity contribution in [2.45, 2.75) is 12.6 Å². The zero-order valence-corrected chi connectivity index (χ0v) is 16.1. The van der Waals surface area contributed by atoms with Gasteiger partial charge in [0.15, 0.2) is 17.2 Å². The number of alkyl halides is 3. The third-order valence-corrected chi connectivity index (χ3v) is 4.61. The summed E-state index contributed by atoms with van der Waals surface area (Å²) in [6.45, 7) is 0.939. The largest absolute Gasteiger partial charge is 0.490 e. The molecule has 4 rings (SSSR count). The minimum absolute atomic E-state index is 0.126. The first-order chi connectivity index (χ1) is 14.3. The molecule has 0 unspecified atom stereocenters. The maximum absolute atomic E-state index is 13.8. The monoisotopic (exact) mass is 437 g/mol. The molecule has 0 radical (unpaired) electrons. The Labute approximate surface area is 174 Å². The minimum atomic E-state index is -4.81. The molecule has 1 aliphatic heterocycles. The van der Waals surface area contributed by atoms with Crippen LogP contribution in [0.5, 0.6) is 11.5 Å². The van der Waals surface area contributed by atoms with Gasteiger partial charge in [0.05, 0.1) is 30.7 Å². The van der Waals surface area contributed by atoms with Gasteiger partial charge in [0.25, 0.3) is 5.91 Å². The summed E-state index contributed by atoms with van der Waals surface area (Å²) in [7, 11) is 0. The standard InChI is InChI=1S/C20H15ClF3N3O3/c21-12-2-5-14(6-3-12)27-18(20(22,23)24)15(11-25-27)19(28)26-13-4-7-16-17(10-13)30-9-1-8-29-16/h2-7,10-11H,1,8-9H2,(H,26,28). The Kier molecular flexibility index (Phi) is 5.29. The van der Waals surface area contributed by atoms with E-state index < -0.39 is 23.3 Å². The first-order valence-electron chi connectivity index (χ1n) is 8.95. The van der Waals surface area contributed by atoms with Crippen LogP contribution in [0.3, 0.4) is 0 Å². The Balaban J connectivity index is 1.66. The van der Waals surface area contributed by atoms with E-state index >= 15 is 0 Å². The summed E-state index contributed by atoms with van der Waals surface area (Å²) in [5.41, 5.74) is -1.39. The number of carbonyl (C=O) groups excluding carboxylic acids is 1. The van der Waals surface area contributed by atoms with Gasteiger partial charge in [0, 0.05) is 23.2 Å². The van der Waals surface area contributed by atoms with Crippen LogP contribution in [0, 0.1) is 0 Å². The number of nitrogens with one attached hydrogen (secondary N) is 1. The number of hydrogen-bond donors (Lipinski definition) is 1. The smallest absolute Gasteiger partial charge is 0.434 e. The number of ether oxygens (including phenoxy) is 2. The number of hydrogen-bond acceptors (Lipinski definition) is 4. The van der Waals surface area contributed by atoms with Gasteiger partial charge in [0.2, 0.25) is 0 Å². The summed E-state index contributed by atoms with van der Waals surface area (Å²) in [5, 5.41) is 6.61. The van der Waals surface area contributed by atoms with Crippen molar-refractivity contribution in [2.75, 3.05) is 18.5 Å². The predicted molar refractivity (Wildman–Crippen MR) is 104 cm³/mol. The lowest BCUT2D eigenvalue weighted by molar-refractivity contribution is -0.143. The highest BCUT2D eigenvalue weighted by atomic mass is 35.5. The number of benzene rings is 2. The van der Waals surface area contributed by atoms with Crippen LogP contribution < -0.4 is 14.8 Å². The summed E-state index contributed by atoms with van der Waals surface area (Å²) >= 11 is 5.80. The summed E-state index contributed by atoms with van der Waals surface area (Å²) in [5.74, 6) is -0.0210. The molecule has 6 nitrogen and oxygen atoms in total. The Morgan fingerprint density at radius 2 is 1.77 bits per heavy atom. The Morgan fingerprint density at radius 3 is 2.47 bits per heavy atom. The molecule has 0 atom stereocenters. The molecule has 0 bridgehead atoms. The molecule has 3 aromatic rings. The van der Waals surface area contributed by atoms with Gasteiger partial charge in [-0.1, -0.05) is 11.6 Å². The first kappa shape index (κ1) is 20.1. The number of amides is 1. The predicted octanol–water partition coefficient (Wildman–Crippen LogP) is 4.96. The molecular weight excluding hydrogens is 423 g/mol. The van der Waals surface area contributed by atoms with E-state index in [-0.39, 0.29) is 11.4 Å². The molecule has 30 heavy (non-hydrogen) atoms. The topological polar surface area (TPSA) is 65.4 Å². The van der Waals surface area contributed by atoms with Crippen LogP contribution in [-0.2, 0) is 6.18 Å². The molecule has 0 saturated carbocycles. The number of anilines is 1. The van der Waals surface area contributed by atoms with Gasteiger partial charge in [0.1, 0.15) is 0 Å². The van der Waals surface area contributed by atoms with Gasteiger partial charge in [-0.3, -0.25) is 4.79 Å². The van der Waals surface area contributed by atoms with E-state index in [1.54, 1.807) is 6.07 Å². The van der Waals surface area contributed by atoms with E-state index in [4.69, 9.17) is 21.1 Å². The SMILES string of the molecule is O=C(Nc1ccc2c(c1)OCCCO2)c1cnn(-c2ccc(Cl)cc2)c1C(F)(F)F. The minimum Gasteiger partial charge on any atom is -0.490 e. The summed E-state index contributed by atoms with van der Waals surface area (Å²) < 4.78 is 53.0. The van der Waals surface area contributed by atoms with Gasteiger partial charge in [-0.15, -0.1) is 0 Å². The van der Waals surface area contributed by atoms with E-state index in [1.807, 2.05) is 0 Å². The van der Waals surface area contributed by atoms with Crippen molar-refractivity contribution in [2.24, 2.45) is 0 Å². The van der Waals surface area contributed by atoms with Crippen LogP contribution in [-0.4, -0.2) is 28.9 Å². The lowest BCUT2D eigenvalue weighted by atomic mass is 10.2. The van der Waals surface area contributed by atoms with Crippen molar-refractivity contribution in [3.63, 3.8) is 0 Å². The van der Waals surface area contributed by atoms with Crippen molar-refractivity contribution in [3.05, 3.63) is 64.9 Å². The highest BCUT2D eigenvalue weighted by Gasteiger charge is 2.40. The van der Waals surface area contributed by atoms with Crippen LogP contribution in [0.25, 0.3) is 5.69 Å². The third kappa shape index (κ3) is 4.06. The molecule has 0 spiro atoms. The third-order valence-electron chi connectivity index (χ3n) is 4.36. The second-order valence-electron chi connectivity index (χ2n) is 6.46. The first-order valence-corrected chi connectivity index (χ1v) is 9.33.